The molecule has 0 radical (unpaired) electrons. The fourth-order valence-electron chi connectivity index (χ4n) is 3.26. The molecule has 12 nitrogen and oxygen atoms in total. The van der Waals surface area contributed by atoms with Crippen molar-refractivity contribution < 1.29 is 24.7 Å². The van der Waals surface area contributed by atoms with Gasteiger partial charge in [0.05, 0.1) is 17.6 Å². The molecule has 0 aliphatic heterocycles. The average molecular weight is 497 g/mol. The van der Waals surface area contributed by atoms with E-state index in [0.29, 0.717) is 18.7 Å². The first kappa shape index (κ1) is 30.4. The summed E-state index contributed by atoms with van der Waals surface area (Å²) in [5, 5.41) is 42.6. The molecule has 0 saturated heterocycles. The highest BCUT2D eigenvalue weighted by atomic mass is 16.6. The SMILES string of the molecule is NCCCNCCCCNCCCNC(=O)CCC(=O)N[C@H](CO)[C@H](O)c1ccc([N+](=O)[O-])cc1. The van der Waals surface area contributed by atoms with Crippen LogP contribution in [-0.4, -0.2) is 78.9 Å². The van der Waals surface area contributed by atoms with Crippen molar-refractivity contribution in [2.45, 2.75) is 50.7 Å². The number of unbranched alkanes of at least 4 members (excludes halogenated alkanes) is 1. The number of hydrogen-bond donors (Lipinski definition) is 7. The fourth-order valence-corrected chi connectivity index (χ4v) is 3.26. The second-order valence-electron chi connectivity index (χ2n) is 8.20. The van der Waals surface area contributed by atoms with Crippen LogP contribution < -0.4 is 27.0 Å². The standard InChI is InChI=1S/C23H40N6O6/c24-11-3-14-25-12-1-2-13-26-15-4-16-27-21(31)9-10-22(32)28-20(17-30)23(33)18-5-7-19(8-6-18)29(34)35/h5-8,20,23,25-26,30,33H,1-4,9-17,24H2,(H,27,31)(H,28,32)/t20-,23-/m1/s1. The summed E-state index contributed by atoms with van der Waals surface area (Å²) in [4.78, 5) is 34.3. The lowest BCUT2D eigenvalue weighted by atomic mass is 10.0. The van der Waals surface area contributed by atoms with Gasteiger partial charge in [0, 0.05) is 31.5 Å². The monoisotopic (exact) mass is 496 g/mol. The predicted molar refractivity (Wildman–Crippen MR) is 133 cm³/mol. The number of nitro benzene ring substituents is 1. The Morgan fingerprint density at radius 1 is 0.914 bits per heavy atom. The van der Waals surface area contributed by atoms with Gasteiger partial charge in [-0.1, -0.05) is 0 Å². The van der Waals surface area contributed by atoms with Crippen LogP contribution in [0.5, 0.6) is 0 Å². The molecule has 0 aromatic heterocycles. The number of carbonyl (C=O) groups is 2. The Kier molecular flexibility index (Phi) is 16.2. The summed E-state index contributed by atoms with van der Waals surface area (Å²) in [5.41, 5.74) is 5.62. The number of benzene rings is 1. The molecule has 12 heteroatoms. The number of nitrogens with two attached hydrogens (primary N) is 1. The normalized spacial score (nSPS) is 12.7. The van der Waals surface area contributed by atoms with Crippen molar-refractivity contribution in [2.75, 3.05) is 45.9 Å². The van der Waals surface area contributed by atoms with Gasteiger partial charge in [0.25, 0.3) is 5.69 Å². The van der Waals surface area contributed by atoms with Crippen LogP contribution in [0.25, 0.3) is 0 Å². The first-order valence-corrected chi connectivity index (χ1v) is 12.1. The molecule has 1 rings (SSSR count). The van der Waals surface area contributed by atoms with Gasteiger partial charge in [0.15, 0.2) is 0 Å². The maximum atomic E-state index is 12.1. The fraction of sp³-hybridized carbons (Fsp3) is 0.652. The molecule has 1 aromatic carbocycles. The number of rotatable bonds is 20. The average Bonchev–Trinajstić information content (AvgIpc) is 2.86. The number of nitrogens with one attached hydrogen (secondary N) is 4. The van der Waals surface area contributed by atoms with Crippen molar-refractivity contribution in [3.8, 4) is 0 Å². The van der Waals surface area contributed by atoms with Gasteiger partial charge < -0.3 is 37.2 Å². The van der Waals surface area contributed by atoms with E-state index in [2.05, 4.69) is 21.3 Å². The van der Waals surface area contributed by atoms with Gasteiger partial charge in [-0.15, -0.1) is 0 Å². The molecule has 0 spiro atoms. The topological polar surface area (TPSA) is 192 Å². The zero-order valence-electron chi connectivity index (χ0n) is 20.2. The highest BCUT2D eigenvalue weighted by Crippen LogP contribution is 2.20. The third kappa shape index (κ3) is 13.7. The summed E-state index contributed by atoms with van der Waals surface area (Å²) in [6, 6.07) is 4.19. The summed E-state index contributed by atoms with van der Waals surface area (Å²) >= 11 is 0. The van der Waals surface area contributed by atoms with Gasteiger partial charge in [-0.05, 0) is 76.1 Å². The van der Waals surface area contributed by atoms with Gasteiger partial charge in [-0.25, -0.2) is 0 Å². The molecular weight excluding hydrogens is 456 g/mol. The lowest BCUT2D eigenvalue weighted by molar-refractivity contribution is -0.384. The van der Waals surface area contributed by atoms with E-state index < -0.39 is 29.6 Å². The Hall–Kier alpha value is -2.64. The van der Waals surface area contributed by atoms with Crippen LogP contribution in [0.4, 0.5) is 5.69 Å². The van der Waals surface area contributed by atoms with Crippen LogP contribution in [0.15, 0.2) is 24.3 Å². The number of hydrogen-bond acceptors (Lipinski definition) is 9. The zero-order valence-corrected chi connectivity index (χ0v) is 20.2. The van der Waals surface area contributed by atoms with E-state index in [1.807, 2.05) is 0 Å². The quantitative estimate of drug-likeness (QED) is 0.0721. The molecule has 0 bridgehead atoms. The molecule has 2 atom stereocenters. The summed E-state index contributed by atoms with van der Waals surface area (Å²) in [5.74, 6) is -0.737. The molecule has 8 N–H and O–H groups in total. The smallest absolute Gasteiger partial charge is 0.269 e. The van der Waals surface area contributed by atoms with E-state index in [9.17, 15) is 29.9 Å². The molecule has 35 heavy (non-hydrogen) atoms. The molecule has 0 aliphatic rings. The molecular formula is C23H40N6O6. The van der Waals surface area contributed by atoms with Crippen molar-refractivity contribution >= 4 is 17.5 Å². The van der Waals surface area contributed by atoms with E-state index >= 15 is 0 Å². The van der Waals surface area contributed by atoms with E-state index in [4.69, 9.17) is 5.73 Å². The maximum Gasteiger partial charge on any atom is 0.269 e. The van der Waals surface area contributed by atoms with Crippen LogP contribution in [0.2, 0.25) is 0 Å². The molecule has 0 aliphatic carbocycles. The van der Waals surface area contributed by atoms with Crippen molar-refractivity contribution in [3.63, 3.8) is 0 Å². The number of aliphatic hydroxyl groups excluding tert-OH is 2. The van der Waals surface area contributed by atoms with Gasteiger partial charge in [0.1, 0.15) is 6.10 Å². The number of aliphatic hydroxyl groups is 2. The maximum absolute atomic E-state index is 12.1. The second kappa shape index (κ2) is 18.7. The van der Waals surface area contributed by atoms with Crippen molar-refractivity contribution in [1.29, 1.82) is 0 Å². The number of carbonyl (C=O) groups excluding carboxylic acids is 2. The van der Waals surface area contributed by atoms with Crippen molar-refractivity contribution in [3.05, 3.63) is 39.9 Å². The predicted octanol–water partition coefficient (Wildman–Crippen LogP) is -0.300. The highest BCUT2D eigenvalue weighted by Gasteiger charge is 2.23. The molecule has 0 fully saturated rings. The molecule has 1 aromatic rings. The highest BCUT2D eigenvalue weighted by molar-refractivity contribution is 5.83. The van der Waals surface area contributed by atoms with Gasteiger partial charge >= 0.3 is 0 Å². The number of nitro groups is 1. The molecule has 0 unspecified atom stereocenters. The Morgan fingerprint density at radius 3 is 2.06 bits per heavy atom. The van der Waals surface area contributed by atoms with E-state index in [1.54, 1.807) is 0 Å². The Balaban J connectivity index is 2.15. The van der Waals surface area contributed by atoms with Crippen LogP contribution in [0, 0.1) is 10.1 Å². The largest absolute Gasteiger partial charge is 0.394 e. The van der Waals surface area contributed by atoms with Crippen LogP contribution >= 0.6 is 0 Å². The number of amides is 2. The zero-order chi connectivity index (χ0) is 25.9. The number of nitrogens with zero attached hydrogens (tertiary/aromatic N) is 1. The first-order valence-electron chi connectivity index (χ1n) is 12.1. The molecule has 198 valence electrons. The minimum Gasteiger partial charge on any atom is -0.394 e. The van der Waals surface area contributed by atoms with Crippen LogP contribution in [-0.2, 0) is 9.59 Å². The first-order chi connectivity index (χ1) is 16.9. The van der Waals surface area contributed by atoms with Gasteiger partial charge in [-0.2, -0.15) is 0 Å². The van der Waals surface area contributed by atoms with E-state index in [1.165, 1.54) is 24.3 Å². The third-order valence-corrected chi connectivity index (χ3v) is 5.32. The number of non-ortho nitro benzene ring substituents is 1. The van der Waals surface area contributed by atoms with Gasteiger partial charge in [-0.3, -0.25) is 19.7 Å². The lowest BCUT2D eigenvalue weighted by Gasteiger charge is -2.22. The Morgan fingerprint density at radius 2 is 1.49 bits per heavy atom. The molecule has 2 amide bonds. The Bertz CT molecular complexity index is 749. The summed E-state index contributed by atoms with van der Waals surface area (Å²) in [6.07, 6.45) is 2.59. The van der Waals surface area contributed by atoms with Crippen LogP contribution in [0.3, 0.4) is 0 Å². The molecule has 0 saturated carbocycles. The second-order valence-corrected chi connectivity index (χ2v) is 8.20. The van der Waals surface area contributed by atoms with Crippen molar-refractivity contribution in [1.82, 2.24) is 21.3 Å². The molecule has 0 heterocycles. The summed E-state index contributed by atoms with van der Waals surface area (Å²) < 4.78 is 0. The van der Waals surface area contributed by atoms with Crippen LogP contribution in [0.1, 0.15) is 50.2 Å². The minimum atomic E-state index is -1.25. The minimum absolute atomic E-state index is 0.0117. The lowest BCUT2D eigenvalue weighted by Crippen LogP contribution is -2.42. The van der Waals surface area contributed by atoms with Crippen molar-refractivity contribution in [2.24, 2.45) is 5.73 Å². The Labute approximate surface area is 206 Å². The van der Waals surface area contributed by atoms with Gasteiger partial charge in [0.2, 0.25) is 11.8 Å². The van der Waals surface area contributed by atoms with E-state index in [0.717, 1.165) is 51.9 Å². The summed E-state index contributed by atoms with van der Waals surface area (Å²) in [7, 11) is 0. The third-order valence-electron chi connectivity index (χ3n) is 5.32. The van der Waals surface area contributed by atoms with E-state index in [-0.39, 0.29) is 24.4 Å². The summed E-state index contributed by atoms with van der Waals surface area (Å²) in [6.45, 7) is 4.33.